The Morgan fingerprint density at radius 2 is 1.96 bits per heavy atom. The number of aromatic nitrogens is 2. The van der Waals surface area contributed by atoms with Gasteiger partial charge in [-0.1, -0.05) is 29.3 Å². The van der Waals surface area contributed by atoms with Crippen LogP contribution in [0.4, 0.5) is 5.69 Å². The van der Waals surface area contributed by atoms with Crippen LogP contribution in [0.15, 0.2) is 35.6 Å². The molecule has 1 saturated heterocycles. The lowest BCUT2D eigenvalue weighted by atomic mass is 10.1. The number of aryl methyl sites for hydroxylation is 3. The van der Waals surface area contributed by atoms with E-state index in [9.17, 15) is 4.79 Å². The smallest absolute Gasteiger partial charge is 0.246 e. The molecule has 3 rings (SSSR count). The summed E-state index contributed by atoms with van der Waals surface area (Å²) in [6.07, 6.45) is 4.49. The molecule has 0 unspecified atom stereocenters. The first kappa shape index (κ1) is 19.9. The number of piperazine rings is 1. The minimum atomic E-state index is 0.0687. The zero-order valence-corrected chi connectivity index (χ0v) is 17.3. The number of hydrogen-bond acceptors (Lipinski definition) is 3. The summed E-state index contributed by atoms with van der Waals surface area (Å²) < 4.78 is 1.72. The highest BCUT2D eigenvalue weighted by Gasteiger charge is 2.27. The van der Waals surface area contributed by atoms with Gasteiger partial charge in [-0.05, 0) is 32.8 Å². The third-order valence-electron chi connectivity index (χ3n) is 4.80. The molecule has 0 radical (unpaired) electrons. The van der Waals surface area contributed by atoms with E-state index in [2.05, 4.69) is 42.5 Å². The van der Waals surface area contributed by atoms with Crippen molar-refractivity contribution in [2.45, 2.75) is 27.2 Å². The van der Waals surface area contributed by atoms with Gasteiger partial charge in [-0.25, -0.2) is 0 Å². The number of anilines is 1. The van der Waals surface area contributed by atoms with E-state index in [0.29, 0.717) is 19.6 Å². The van der Waals surface area contributed by atoms with Gasteiger partial charge < -0.3 is 15.1 Å². The molecule has 7 nitrogen and oxygen atoms in total. The predicted molar refractivity (Wildman–Crippen MR) is 113 cm³/mol. The van der Waals surface area contributed by atoms with Gasteiger partial charge in [0, 0.05) is 39.4 Å². The van der Waals surface area contributed by atoms with Crippen molar-refractivity contribution in [2.24, 2.45) is 12.0 Å². The Bertz CT molecular complexity index is 836. The number of hydrogen-bond donors (Lipinski definition) is 1. The second-order valence-corrected chi connectivity index (χ2v) is 7.32. The maximum atomic E-state index is 12.7. The Hall–Kier alpha value is -2.83. The monoisotopic (exact) mass is 382 g/mol. The molecule has 0 spiro atoms. The van der Waals surface area contributed by atoms with Crippen LogP contribution in [0.5, 0.6) is 0 Å². The Kier molecular flexibility index (Phi) is 6.34. The number of rotatable bonds is 5. The van der Waals surface area contributed by atoms with E-state index in [1.54, 1.807) is 15.8 Å². The van der Waals surface area contributed by atoms with Crippen LogP contribution in [0.1, 0.15) is 23.6 Å². The fourth-order valence-corrected chi connectivity index (χ4v) is 3.60. The van der Waals surface area contributed by atoms with E-state index in [1.165, 1.54) is 16.7 Å². The van der Waals surface area contributed by atoms with Crippen LogP contribution in [0.25, 0.3) is 0 Å². The summed E-state index contributed by atoms with van der Waals surface area (Å²) >= 11 is 0. The molecule has 0 bridgehead atoms. The fraction of sp³-hybridized carbons (Fsp3) is 0.476. The number of nitrogens with zero attached hydrogens (tertiary/aromatic N) is 5. The first-order chi connectivity index (χ1) is 13.5. The second kappa shape index (κ2) is 8.91. The van der Waals surface area contributed by atoms with E-state index in [1.807, 2.05) is 25.1 Å². The van der Waals surface area contributed by atoms with Crippen molar-refractivity contribution in [1.29, 1.82) is 0 Å². The van der Waals surface area contributed by atoms with Gasteiger partial charge >= 0.3 is 0 Å². The number of amides is 1. The third-order valence-corrected chi connectivity index (χ3v) is 4.80. The first-order valence-electron chi connectivity index (χ1n) is 9.85. The Labute approximate surface area is 167 Å². The standard InChI is InChI=1S/C21H30N6O/c1-5-22-21(23-7-6-18-11-16(2)10-17(3)12-18)26-8-9-27(20(28)15-26)19-13-24-25(4)14-19/h10-14H,5-9,15H2,1-4H3,(H,22,23). The molecule has 150 valence electrons. The molecule has 1 aliphatic rings. The lowest BCUT2D eigenvalue weighted by molar-refractivity contribution is -0.120. The molecule has 0 saturated carbocycles. The molecule has 2 heterocycles. The minimum absolute atomic E-state index is 0.0687. The van der Waals surface area contributed by atoms with Crippen molar-refractivity contribution < 1.29 is 4.79 Å². The van der Waals surface area contributed by atoms with Gasteiger partial charge in [0.15, 0.2) is 5.96 Å². The van der Waals surface area contributed by atoms with Gasteiger partial charge in [-0.3, -0.25) is 14.5 Å². The predicted octanol–water partition coefficient (Wildman–Crippen LogP) is 1.89. The quantitative estimate of drug-likeness (QED) is 0.634. The minimum Gasteiger partial charge on any atom is -0.357 e. The Morgan fingerprint density at radius 3 is 2.57 bits per heavy atom. The average molecular weight is 383 g/mol. The average Bonchev–Trinajstić information content (AvgIpc) is 3.06. The molecule has 1 N–H and O–H groups in total. The van der Waals surface area contributed by atoms with Crippen LogP contribution in [0.3, 0.4) is 0 Å². The lowest BCUT2D eigenvalue weighted by Crippen LogP contribution is -2.55. The lowest BCUT2D eigenvalue weighted by Gasteiger charge is -2.35. The fourth-order valence-electron chi connectivity index (χ4n) is 3.60. The number of nitrogens with one attached hydrogen (secondary N) is 1. The maximum absolute atomic E-state index is 12.7. The van der Waals surface area contributed by atoms with E-state index in [0.717, 1.165) is 31.2 Å². The summed E-state index contributed by atoms with van der Waals surface area (Å²) in [4.78, 5) is 21.3. The van der Waals surface area contributed by atoms with Crippen molar-refractivity contribution in [3.63, 3.8) is 0 Å². The summed E-state index contributed by atoms with van der Waals surface area (Å²) in [6, 6.07) is 6.61. The molecule has 1 aliphatic heterocycles. The van der Waals surface area contributed by atoms with Gasteiger partial charge in [-0.15, -0.1) is 0 Å². The SMILES string of the molecule is CCNC(=NCCc1cc(C)cc(C)c1)N1CCN(c2cnn(C)c2)C(=O)C1. The van der Waals surface area contributed by atoms with E-state index in [-0.39, 0.29) is 5.91 Å². The zero-order chi connectivity index (χ0) is 20.1. The van der Waals surface area contributed by atoms with Gasteiger partial charge in [0.2, 0.25) is 5.91 Å². The number of guanidine groups is 1. The van der Waals surface area contributed by atoms with Crippen molar-refractivity contribution in [3.8, 4) is 0 Å². The summed E-state index contributed by atoms with van der Waals surface area (Å²) in [5, 5.41) is 7.49. The first-order valence-corrected chi connectivity index (χ1v) is 9.85. The normalized spacial score (nSPS) is 15.3. The van der Waals surface area contributed by atoms with Crippen LogP contribution in [0, 0.1) is 13.8 Å². The molecule has 0 aliphatic carbocycles. The van der Waals surface area contributed by atoms with E-state index in [4.69, 9.17) is 4.99 Å². The highest BCUT2D eigenvalue weighted by molar-refractivity contribution is 5.98. The van der Waals surface area contributed by atoms with Crippen molar-refractivity contribution in [1.82, 2.24) is 20.0 Å². The van der Waals surface area contributed by atoms with Crippen LogP contribution in [-0.2, 0) is 18.3 Å². The Morgan fingerprint density at radius 1 is 1.21 bits per heavy atom. The van der Waals surface area contributed by atoms with Crippen LogP contribution in [-0.4, -0.2) is 59.3 Å². The molecule has 1 aromatic carbocycles. The van der Waals surface area contributed by atoms with Crippen molar-refractivity contribution in [2.75, 3.05) is 37.6 Å². The molecule has 1 fully saturated rings. The second-order valence-electron chi connectivity index (χ2n) is 7.32. The highest BCUT2D eigenvalue weighted by Crippen LogP contribution is 2.16. The summed E-state index contributed by atoms with van der Waals surface area (Å²) in [7, 11) is 1.86. The van der Waals surface area contributed by atoms with Gasteiger partial charge in [0.25, 0.3) is 0 Å². The van der Waals surface area contributed by atoms with Crippen LogP contribution < -0.4 is 10.2 Å². The summed E-state index contributed by atoms with van der Waals surface area (Å²) in [6.45, 7) is 9.47. The topological polar surface area (TPSA) is 65.8 Å². The molecule has 28 heavy (non-hydrogen) atoms. The maximum Gasteiger partial charge on any atom is 0.246 e. The zero-order valence-electron chi connectivity index (χ0n) is 17.3. The number of carbonyl (C=O) groups excluding carboxylic acids is 1. The largest absolute Gasteiger partial charge is 0.357 e. The van der Waals surface area contributed by atoms with E-state index < -0.39 is 0 Å². The molecular weight excluding hydrogens is 352 g/mol. The van der Waals surface area contributed by atoms with Gasteiger partial charge in [0.05, 0.1) is 11.9 Å². The molecule has 2 aromatic rings. The number of benzene rings is 1. The van der Waals surface area contributed by atoms with E-state index >= 15 is 0 Å². The van der Waals surface area contributed by atoms with Crippen molar-refractivity contribution in [3.05, 3.63) is 47.3 Å². The van der Waals surface area contributed by atoms with Crippen molar-refractivity contribution >= 4 is 17.6 Å². The van der Waals surface area contributed by atoms with Crippen LogP contribution in [0.2, 0.25) is 0 Å². The third kappa shape index (κ3) is 4.91. The highest BCUT2D eigenvalue weighted by atomic mass is 16.2. The molecular formula is C21H30N6O. The number of aliphatic imine (C=N–C) groups is 1. The van der Waals surface area contributed by atoms with Crippen LogP contribution >= 0.6 is 0 Å². The Balaban J connectivity index is 1.63. The van der Waals surface area contributed by atoms with Gasteiger partial charge in [0.1, 0.15) is 6.54 Å². The summed E-state index contributed by atoms with van der Waals surface area (Å²) in [5.41, 5.74) is 4.71. The molecule has 1 aromatic heterocycles. The number of carbonyl (C=O) groups is 1. The summed E-state index contributed by atoms with van der Waals surface area (Å²) in [5.74, 6) is 0.880. The molecule has 1 amide bonds. The van der Waals surface area contributed by atoms with Gasteiger partial charge in [-0.2, -0.15) is 5.10 Å². The molecule has 7 heteroatoms. The molecule has 0 atom stereocenters.